The number of hydrogen-bond donors (Lipinski definition) is 0. The van der Waals surface area contributed by atoms with Gasteiger partial charge in [0.25, 0.3) is 5.91 Å². The monoisotopic (exact) mass is 480 g/mol. The number of hydrogen-bond acceptors (Lipinski definition) is 3. The Morgan fingerprint density at radius 2 is 1.80 bits per heavy atom. The van der Waals surface area contributed by atoms with E-state index in [1.54, 1.807) is 36.2 Å². The lowest BCUT2D eigenvalue weighted by atomic mass is 9.94. The molecule has 0 saturated heterocycles. The smallest absolute Gasteiger partial charge is 0.337 e. The zero-order valence-electron chi connectivity index (χ0n) is 16.3. The number of aromatic nitrogens is 3. The van der Waals surface area contributed by atoms with E-state index in [2.05, 4.69) is 26.0 Å². The number of carbonyl (C=O) groups is 1. The fourth-order valence-corrected chi connectivity index (χ4v) is 4.13. The SMILES string of the molecule is CN(C(=O)c1cc2nc(-c3ccc(Br)cc3)cc(C(F)(F)F)n2n1)C1CCCCC1. The maximum absolute atomic E-state index is 13.7. The highest BCUT2D eigenvalue weighted by Crippen LogP contribution is 2.33. The van der Waals surface area contributed by atoms with Crippen molar-refractivity contribution in [2.75, 3.05) is 7.05 Å². The molecule has 0 bridgehead atoms. The summed E-state index contributed by atoms with van der Waals surface area (Å²) in [4.78, 5) is 18.8. The largest absolute Gasteiger partial charge is 0.433 e. The van der Waals surface area contributed by atoms with E-state index in [1.807, 2.05) is 0 Å². The van der Waals surface area contributed by atoms with Crippen LogP contribution in [0.1, 0.15) is 48.3 Å². The highest BCUT2D eigenvalue weighted by molar-refractivity contribution is 9.10. The Morgan fingerprint density at radius 3 is 2.43 bits per heavy atom. The van der Waals surface area contributed by atoms with Crippen LogP contribution in [-0.4, -0.2) is 38.5 Å². The third-order valence-corrected chi connectivity index (χ3v) is 6.05. The van der Waals surface area contributed by atoms with Crippen molar-refractivity contribution in [3.05, 3.63) is 52.3 Å². The Morgan fingerprint density at radius 1 is 1.13 bits per heavy atom. The van der Waals surface area contributed by atoms with E-state index in [4.69, 9.17) is 0 Å². The zero-order valence-corrected chi connectivity index (χ0v) is 17.9. The normalized spacial score (nSPS) is 15.5. The number of amides is 1. The molecule has 0 aliphatic heterocycles. The summed E-state index contributed by atoms with van der Waals surface area (Å²) in [5.41, 5.74) is -0.302. The van der Waals surface area contributed by atoms with E-state index >= 15 is 0 Å². The van der Waals surface area contributed by atoms with Crippen LogP contribution in [0.4, 0.5) is 13.2 Å². The van der Waals surface area contributed by atoms with Crippen LogP contribution < -0.4 is 0 Å². The molecule has 0 radical (unpaired) electrons. The zero-order chi connectivity index (χ0) is 21.5. The van der Waals surface area contributed by atoms with Crippen LogP contribution in [-0.2, 0) is 6.18 Å². The first kappa shape index (κ1) is 20.8. The highest BCUT2D eigenvalue weighted by atomic mass is 79.9. The fraction of sp³-hybridized carbons (Fsp3) is 0.381. The van der Waals surface area contributed by atoms with E-state index < -0.39 is 11.9 Å². The Hall–Kier alpha value is -2.42. The minimum absolute atomic E-state index is 0.0110. The lowest BCUT2D eigenvalue weighted by Gasteiger charge is -2.30. The number of alkyl halides is 3. The first-order chi connectivity index (χ1) is 14.2. The minimum atomic E-state index is -4.65. The van der Waals surface area contributed by atoms with Crippen molar-refractivity contribution in [3.8, 4) is 11.3 Å². The topological polar surface area (TPSA) is 50.5 Å². The Kier molecular flexibility index (Phi) is 5.57. The van der Waals surface area contributed by atoms with E-state index in [0.29, 0.717) is 10.1 Å². The molecule has 9 heteroatoms. The summed E-state index contributed by atoms with van der Waals surface area (Å²) < 4.78 is 42.8. The summed E-state index contributed by atoms with van der Waals surface area (Å²) in [7, 11) is 1.69. The second-order valence-corrected chi connectivity index (χ2v) is 8.45. The molecule has 1 amide bonds. The third kappa shape index (κ3) is 4.08. The van der Waals surface area contributed by atoms with Crippen molar-refractivity contribution in [3.63, 3.8) is 0 Å². The van der Waals surface area contributed by atoms with Crippen molar-refractivity contribution in [1.82, 2.24) is 19.5 Å². The van der Waals surface area contributed by atoms with Gasteiger partial charge in [-0.1, -0.05) is 47.3 Å². The molecule has 1 aliphatic rings. The van der Waals surface area contributed by atoms with Gasteiger partial charge in [0.1, 0.15) is 0 Å². The molecule has 0 unspecified atom stereocenters. The first-order valence-corrected chi connectivity index (χ1v) is 10.5. The van der Waals surface area contributed by atoms with E-state index in [-0.39, 0.29) is 29.0 Å². The predicted octanol–water partition coefficient (Wildman–Crippen LogP) is 5.58. The molecule has 158 valence electrons. The summed E-state index contributed by atoms with van der Waals surface area (Å²) in [6, 6.07) is 9.22. The second-order valence-electron chi connectivity index (χ2n) is 7.54. The van der Waals surface area contributed by atoms with Gasteiger partial charge in [-0.05, 0) is 31.0 Å². The Bertz CT molecular complexity index is 1070. The van der Waals surface area contributed by atoms with Gasteiger partial charge < -0.3 is 4.90 Å². The van der Waals surface area contributed by atoms with Gasteiger partial charge in [-0.2, -0.15) is 18.3 Å². The van der Waals surface area contributed by atoms with Crippen molar-refractivity contribution in [1.29, 1.82) is 0 Å². The molecule has 0 N–H and O–H groups in total. The number of rotatable bonds is 3. The average molecular weight is 481 g/mol. The van der Waals surface area contributed by atoms with E-state index in [1.165, 1.54) is 6.07 Å². The fourth-order valence-electron chi connectivity index (χ4n) is 3.86. The molecule has 1 saturated carbocycles. The van der Waals surface area contributed by atoms with Crippen LogP contribution in [0.15, 0.2) is 40.9 Å². The number of halogens is 4. The summed E-state index contributed by atoms with van der Waals surface area (Å²) >= 11 is 3.31. The molecule has 5 nitrogen and oxygen atoms in total. The van der Waals surface area contributed by atoms with Crippen molar-refractivity contribution in [2.24, 2.45) is 0 Å². The lowest BCUT2D eigenvalue weighted by Crippen LogP contribution is -2.38. The highest BCUT2D eigenvalue weighted by Gasteiger charge is 2.36. The maximum atomic E-state index is 13.7. The van der Waals surface area contributed by atoms with Gasteiger partial charge in [0, 0.05) is 29.2 Å². The van der Waals surface area contributed by atoms with Crippen LogP contribution in [0.2, 0.25) is 0 Å². The summed E-state index contributed by atoms with van der Waals surface area (Å²) in [6.45, 7) is 0. The standard InChI is InChI=1S/C21H20BrF3N4O/c1-28(15-5-3-2-4-6-15)20(30)17-12-19-26-16(13-7-9-14(22)10-8-13)11-18(21(23,24)25)29(19)27-17/h7-12,15H,2-6H2,1H3. The second kappa shape index (κ2) is 8.02. The lowest BCUT2D eigenvalue weighted by molar-refractivity contribution is -0.142. The molecule has 1 aromatic carbocycles. The van der Waals surface area contributed by atoms with Crippen LogP contribution in [0.3, 0.4) is 0 Å². The van der Waals surface area contributed by atoms with Crippen LogP contribution in [0.25, 0.3) is 16.9 Å². The molecule has 30 heavy (non-hydrogen) atoms. The summed E-state index contributed by atoms with van der Waals surface area (Å²) in [5, 5.41) is 3.98. The van der Waals surface area contributed by atoms with Gasteiger partial charge in [-0.15, -0.1) is 0 Å². The summed E-state index contributed by atoms with van der Waals surface area (Å²) in [6.07, 6.45) is 0.385. The van der Waals surface area contributed by atoms with Crippen molar-refractivity contribution >= 4 is 27.5 Å². The molecule has 4 rings (SSSR count). The average Bonchev–Trinajstić information content (AvgIpc) is 3.16. The third-order valence-electron chi connectivity index (χ3n) is 5.52. The molecular formula is C21H20BrF3N4O. The molecule has 0 atom stereocenters. The van der Waals surface area contributed by atoms with Crippen molar-refractivity contribution in [2.45, 2.75) is 44.3 Å². The number of fused-ring (bicyclic) bond motifs is 1. The molecule has 1 aliphatic carbocycles. The van der Waals surface area contributed by atoms with Gasteiger partial charge in [0.2, 0.25) is 0 Å². The Labute approximate surface area is 180 Å². The van der Waals surface area contributed by atoms with E-state index in [0.717, 1.165) is 42.6 Å². The molecule has 2 heterocycles. The van der Waals surface area contributed by atoms with Gasteiger partial charge in [-0.3, -0.25) is 4.79 Å². The predicted molar refractivity (Wildman–Crippen MR) is 110 cm³/mol. The van der Waals surface area contributed by atoms with Gasteiger partial charge in [0.15, 0.2) is 17.0 Å². The maximum Gasteiger partial charge on any atom is 0.433 e. The molecule has 1 fully saturated rings. The number of benzene rings is 1. The molecule has 3 aromatic rings. The quantitative estimate of drug-likeness (QED) is 0.491. The molecular weight excluding hydrogens is 461 g/mol. The van der Waals surface area contributed by atoms with Crippen molar-refractivity contribution < 1.29 is 18.0 Å². The number of carbonyl (C=O) groups excluding carboxylic acids is 1. The van der Waals surface area contributed by atoms with Gasteiger partial charge in [0.05, 0.1) is 5.69 Å². The summed E-state index contributed by atoms with van der Waals surface area (Å²) in [5.74, 6) is -0.384. The van der Waals surface area contributed by atoms with Gasteiger partial charge in [-0.25, -0.2) is 9.50 Å². The first-order valence-electron chi connectivity index (χ1n) is 9.75. The van der Waals surface area contributed by atoms with E-state index in [9.17, 15) is 18.0 Å². The van der Waals surface area contributed by atoms with Crippen LogP contribution in [0, 0.1) is 0 Å². The number of nitrogens with zero attached hydrogens (tertiary/aromatic N) is 4. The Balaban J connectivity index is 1.77. The molecule has 0 spiro atoms. The molecule has 2 aromatic heterocycles. The van der Waals surface area contributed by atoms with Crippen LogP contribution in [0.5, 0.6) is 0 Å². The minimum Gasteiger partial charge on any atom is -0.337 e. The van der Waals surface area contributed by atoms with Crippen LogP contribution >= 0.6 is 15.9 Å². The van der Waals surface area contributed by atoms with Gasteiger partial charge >= 0.3 is 6.18 Å².